The molecule has 0 atom stereocenters. The fourth-order valence-electron chi connectivity index (χ4n) is 2.32. The zero-order valence-corrected chi connectivity index (χ0v) is 13.2. The number of aryl methyl sites for hydroxylation is 1. The van der Waals surface area contributed by atoms with E-state index in [0.717, 1.165) is 0 Å². The molecule has 0 saturated carbocycles. The summed E-state index contributed by atoms with van der Waals surface area (Å²) >= 11 is 0. The maximum Gasteiger partial charge on any atom is 0.306 e. The van der Waals surface area contributed by atoms with Gasteiger partial charge in [-0.05, 0) is 6.07 Å². The van der Waals surface area contributed by atoms with Crippen molar-refractivity contribution in [2.75, 3.05) is 39.8 Å². The maximum absolute atomic E-state index is 12.4. The van der Waals surface area contributed by atoms with Crippen molar-refractivity contribution in [2.45, 2.75) is 11.3 Å². The van der Waals surface area contributed by atoms with Crippen LogP contribution in [0.1, 0.15) is 6.42 Å². The highest BCUT2D eigenvalue weighted by Crippen LogP contribution is 2.17. The topological polar surface area (TPSA) is 71.8 Å². The summed E-state index contributed by atoms with van der Waals surface area (Å²) in [4.78, 5) is 13.5. The van der Waals surface area contributed by atoms with Crippen LogP contribution in [0.5, 0.6) is 0 Å². The molecule has 8 heteroatoms. The van der Waals surface area contributed by atoms with Crippen LogP contribution in [-0.2, 0) is 26.6 Å². The van der Waals surface area contributed by atoms with Gasteiger partial charge in [-0.15, -0.1) is 0 Å². The van der Waals surface area contributed by atoms with Gasteiger partial charge >= 0.3 is 5.97 Å². The zero-order chi connectivity index (χ0) is 15.5. The van der Waals surface area contributed by atoms with Gasteiger partial charge in [0.15, 0.2) is 0 Å². The van der Waals surface area contributed by atoms with Crippen LogP contribution >= 0.6 is 0 Å². The Balaban J connectivity index is 1.90. The Hall–Kier alpha value is -1.38. The monoisotopic (exact) mass is 315 g/mol. The smallest absolute Gasteiger partial charge is 0.306 e. The molecule has 0 aromatic carbocycles. The first-order chi connectivity index (χ1) is 9.93. The van der Waals surface area contributed by atoms with Crippen LogP contribution in [0.2, 0.25) is 0 Å². The van der Waals surface area contributed by atoms with Crippen LogP contribution in [0.3, 0.4) is 0 Å². The highest BCUT2D eigenvalue weighted by atomic mass is 32.2. The summed E-state index contributed by atoms with van der Waals surface area (Å²) in [6, 6.07) is 1.61. The third-order valence-corrected chi connectivity index (χ3v) is 5.52. The zero-order valence-electron chi connectivity index (χ0n) is 12.4. The fraction of sp³-hybridized carbons (Fsp3) is 0.615. The molecule has 1 aliphatic rings. The van der Waals surface area contributed by atoms with Gasteiger partial charge in [-0.2, -0.15) is 4.31 Å². The third-order valence-electron chi connectivity index (χ3n) is 3.63. The molecule has 0 bridgehead atoms. The highest BCUT2D eigenvalue weighted by Gasteiger charge is 2.28. The van der Waals surface area contributed by atoms with Crippen LogP contribution in [0.4, 0.5) is 0 Å². The Morgan fingerprint density at radius 1 is 1.29 bits per heavy atom. The molecule has 2 heterocycles. The van der Waals surface area contributed by atoms with E-state index in [4.69, 9.17) is 0 Å². The SMILES string of the molecule is COC(=O)CCN1CCN(S(=O)(=O)c2ccn(C)c2)CC1. The molecular formula is C13H21N3O4S. The standard InChI is InChI=1S/C13H21N3O4S/c1-14-5-3-12(11-14)21(18,19)16-9-7-15(8-10-16)6-4-13(17)20-2/h3,5,11H,4,6-10H2,1-2H3. The first-order valence-corrected chi connectivity index (χ1v) is 8.29. The van der Waals surface area contributed by atoms with E-state index in [2.05, 4.69) is 9.64 Å². The summed E-state index contributed by atoms with van der Waals surface area (Å²) < 4.78 is 32.7. The predicted octanol–water partition coefficient (Wildman–Crippen LogP) is -0.105. The van der Waals surface area contributed by atoms with Crippen molar-refractivity contribution < 1.29 is 17.9 Å². The number of methoxy groups -OCH3 is 1. The van der Waals surface area contributed by atoms with Gasteiger partial charge in [0.25, 0.3) is 0 Å². The van der Waals surface area contributed by atoms with E-state index in [1.54, 1.807) is 30.1 Å². The summed E-state index contributed by atoms with van der Waals surface area (Å²) in [5, 5.41) is 0. The molecule has 0 unspecified atom stereocenters. The molecule has 1 aliphatic heterocycles. The van der Waals surface area contributed by atoms with E-state index in [0.29, 0.717) is 44.0 Å². The number of carbonyl (C=O) groups is 1. The van der Waals surface area contributed by atoms with E-state index >= 15 is 0 Å². The molecule has 2 rings (SSSR count). The molecule has 118 valence electrons. The molecule has 0 aliphatic carbocycles. The number of aromatic nitrogens is 1. The van der Waals surface area contributed by atoms with Gasteiger partial charge in [0.1, 0.15) is 0 Å². The largest absolute Gasteiger partial charge is 0.469 e. The first kappa shape index (κ1) is 16.0. The lowest BCUT2D eigenvalue weighted by Gasteiger charge is -2.33. The lowest BCUT2D eigenvalue weighted by atomic mass is 10.3. The number of carbonyl (C=O) groups excluding carboxylic acids is 1. The number of hydrogen-bond acceptors (Lipinski definition) is 5. The van der Waals surface area contributed by atoms with Gasteiger partial charge < -0.3 is 14.2 Å². The Kier molecular flexibility index (Phi) is 5.02. The quantitative estimate of drug-likeness (QED) is 0.709. The van der Waals surface area contributed by atoms with Crippen molar-refractivity contribution in [3.63, 3.8) is 0 Å². The van der Waals surface area contributed by atoms with E-state index in [9.17, 15) is 13.2 Å². The molecule has 7 nitrogen and oxygen atoms in total. The molecule has 1 aromatic heterocycles. The lowest BCUT2D eigenvalue weighted by Crippen LogP contribution is -2.48. The van der Waals surface area contributed by atoms with Gasteiger partial charge in [-0.3, -0.25) is 4.79 Å². The minimum atomic E-state index is -3.41. The van der Waals surface area contributed by atoms with Crippen LogP contribution in [0.15, 0.2) is 23.4 Å². The van der Waals surface area contributed by atoms with Gasteiger partial charge in [0, 0.05) is 52.2 Å². The van der Waals surface area contributed by atoms with Gasteiger partial charge in [0.2, 0.25) is 10.0 Å². The van der Waals surface area contributed by atoms with E-state index in [1.807, 2.05) is 0 Å². The van der Waals surface area contributed by atoms with Crippen molar-refractivity contribution >= 4 is 16.0 Å². The van der Waals surface area contributed by atoms with Crippen LogP contribution < -0.4 is 0 Å². The molecule has 0 amide bonds. The number of rotatable bonds is 5. The van der Waals surface area contributed by atoms with Crippen molar-refractivity contribution in [1.29, 1.82) is 0 Å². The van der Waals surface area contributed by atoms with E-state index in [-0.39, 0.29) is 5.97 Å². The highest BCUT2D eigenvalue weighted by molar-refractivity contribution is 7.89. The van der Waals surface area contributed by atoms with Crippen molar-refractivity contribution in [3.05, 3.63) is 18.5 Å². The van der Waals surface area contributed by atoms with Crippen LogP contribution in [0.25, 0.3) is 0 Å². The summed E-state index contributed by atoms with van der Waals surface area (Å²) in [6.45, 7) is 2.74. The van der Waals surface area contributed by atoms with Gasteiger partial charge in [-0.1, -0.05) is 0 Å². The Labute approximate surface area is 125 Å². The minimum absolute atomic E-state index is 0.241. The normalized spacial score (nSPS) is 17.8. The van der Waals surface area contributed by atoms with Crippen molar-refractivity contribution in [2.24, 2.45) is 7.05 Å². The molecule has 0 radical (unpaired) electrons. The van der Waals surface area contributed by atoms with Gasteiger partial charge in [-0.25, -0.2) is 8.42 Å². The number of nitrogens with zero attached hydrogens (tertiary/aromatic N) is 3. The van der Waals surface area contributed by atoms with E-state index < -0.39 is 10.0 Å². The number of hydrogen-bond donors (Lipinski definition) is 0. The fourth-order valence-corrected chi connectivity index (χ4v) is 3.80. The minimum Gasteiger partial charge on any atom is -0.469 e. The Bertz CT molecular complexity index is 588. The average Bonchev–Trinajstić information content (AvgIpc) is 2.92. The lowest BCUT2D eigenvalue weighted by molar-refractivity contribution is -0.141. The molecule has 1 aromatic rings. The Morgan fingerprint density at radius 3 is 2.48 bits per heavy atom. The van der Waals surface area contributed by atoms with Crippen LogP contribution in [-0.4, -0.2) is 68.0 Å². The summed E-state index contributed by atoms with van der Waals surface area (Å²) in [5.41, 5.74) is 0. The molecule has 0 spiro atoms. The van der Waals surface area contributed by atoms with Gasteiger partial charge in [0.05, 0.1) is 18.4 Å². The number of ether oxygens (including phenoxy) is 1. The third kappa shape index (κ3) is 3.84. The molecule has 1 fully saturated rings. The predicted molar refractivity (Wildman–Crippen MR) is 77.2 cm³/mol. The second-order valence-corrected chi connectivity index (χ2v) is 7.02. The summed E-state index contributed by atoms with van der Waals surface area (Å²) in [5.74, 6) is -0.241. The average molecular weight is 315 g/mol. The number of sulfonamides is 1. The van der Waals surface area contributed by atoms with Crippen LogP contribution in [0, 0.1) is 0 Å². The maximum atomic E-state index is 12.4. The van der Waals surface area contributed by atoms with Crippen molar-refractivity contribution in [3.8, 4) is 0 Å². The second-order valence-electron chi connectivity index (χ2n) is 5.08. The Morgan fingerprint density at radius 2 is 1.95 bits per heavy atom. The summed E-state index contributed by atoms with van der Waals surface area (Å²) in [7, 11) is -0.243. The second kappa shape index (κ2) is 6.59. The number of esters is 1. The van der Waals surface area contributed by atoms with E-state index in [1.165, 1.54) is 11.4 Å². The van der Waals surface area contributed by atoms with Crippen molar-refractivity contribution in [1.82, 2.24) is 13.8 Å². The summed E-state index contributed by atoms with van der Waals surface area (Å²) in [6.07, 6.45) is 3.67. The first-order valence-electron chi connectivity index (χ1n) is 6.85. The molecule has 21 heavy (non-hydrogen) atoms. The molecule has 1 saturated heterocycles. The molecule has 0 N–H and O–H groups in total. The number of piperazine rings is 1. The molecular weight excluding hydrogens is 294 g/mol.